The van der Waals surface area contributed by atoms with Crippen LogP contribution in [0.25, 0.3) is 0 Å². The van der Waals surface area contributed by atoms with E-state index in [1.165, 1.54) is 5.56 Å². The van der Waals surface area contributed by atoms with Gasteiger partial charge in [0.1, 0.15) is 0 Å². The van der Waals surface area contributed by atoms with Gasteiger partial charge in [-0.05, 0) is 35.4 Å². The van der Waals surface area contributed by atoms with Crippen LogP contribution in [0, 0.1) is 0 Å². The number of hydrogen-bond donors (Lipinski definition) is 1. The largest absolute Gasteiger partial charge is 0.389 e. The fourth-order valence-electron chi connectivity index (χ4n) is 3.22. The van der Waals surface area contributed by atoms with Gasteiger partial charge in [0.25, 0.3) is 0 Å². The maximum absolute atomic E-state index is 10.2. The van der Waals surface area contributed by atoms with E-state index in [0.29, 0.717) is 24.8 Å². The van der Waals surface area contributed by atoms with Crippen LogP contribution in [0.4, 0.5) is 0 Å². The average molecular weight is 409 g/mol. The maximum atomic E-state index is 10.2. The summed E-state index contributed by atoms with van der Waals surface area (Å²) in [6.07, 6.45) is -0.472. The van der Waals surface area contributed by atoms with E-state index >= 15 is 0 Å². The van der Waals surface area contributed by atoms with Crippen LogP contribution in [0.2, 0.25) is 10.0 Å². The van der Waals surface area contributed by atoms with E-state index in [4.69, 9.17) is 27.9 Å². The molecule has 2 aromatic carbocycles. The summed E-state index contributed by atoms with van der Waals surface area (Å²) in [5, 5.41) is 11.7. The molecule has 1 fully saturated rings. The summed E-state index contributed by atoms with van der Waals surface area (Å²) in [4.78, 5) is 4.73. The highest BCUT2D eigenvalue weighted by Gasteiger charge is 2.19. The van der Waals surface area contributed by atoms with Crippen LogP contribution < -0.4 is 0 Å². The van der Waals surface area contributed by atoms with Crippen LogP contribution in [-0.4, -0.2) is 60.3 Å². The second-order valence-corrected chi connectivity index (χ2v) is 7.87. The van der Waals surface area contributed by atoms with Crippen molar-refractivity contribution < 1.29 is 9.84 Å². The smallest absolute Gasteiger partial charge is 0.0900 e. The van der Waals surface area contributed by atoms with E-state index in [1.807, 2.05) is 36.4 Å². The summed E-state index contributed by atoms with van der Waals surface area (Å²) in [6, 6.07) is 15.6. The Bertz CT molecular complexity index is 686. The molecule has 1 aliphatic rings. The standard InChI is InChI=1S/C21H26Cl2N2O2/c22-19-5-1-17(2-6-19)13-24-9-11-25(12-10-24)14-21(26)16-27-15-18-3-7-20(23)8-4-18/h1-8,21,26H,9-16H2. The average Bonchev–Trinajstić information content (AvgIpc) is 2.67. The molecule has 4 nitrogen and oxygen atoms in total. The van der Waals surface area contributed by atoms with Gasteiger partial charge in [-0.25, -0.2) is 0 Å². The molecule has 0 aromatic heterocycles. The lowest BCUT2D eigenvalue weighted by atomic mass is 10.2. The fraction of sp³-hybridized carbons (Fsp3) is 0.429. The van der Waals surface area contributed by atoms with Gasteiger partial charge < -0.3 is 9.84 Å². The SMILES string of the molecule is OC(COCc1ccc(Cl)cc1)CN1CCN(Cc2ccc(Cl)cc2)CC1. The highest BCUT2D eigenvalue weighted by atomic mass is 35.5. The predicted octanol–water partition coefficient (Wildman–Crippen LogP) is 3.69. The number of ether oxygens (including phenoxy) is 1. The Balaban J connectivity index is 1.32. The minimum Gasteiger partial charge on any atom is -0.389 e. The Labute approximate surface area is 171 Å². The zero-order chi connectivity index (χ0) is 19.1. The first-order valence-corrected chi connectivity index (χ1v) is 10.0. The molecule has 6 heteroatoms. The van der Waals surface area contributed by atoms with Crippen molar-refractivity contribution in [3.8, 4) is 0 Å². The molecule has 1 aliphatic heterocycles. The number of aliphatic hydroxyl groups excluding tert-OH is 1. The van der Waals surface area contributed by atoms with Crippen LogP contribution in [0.5, 0.6) is 0 Å². The lowest BCUT2D eigenvalue weighted by molar-refractivity contribution is 0.000879. The topological polar surface area (TPSA) is 35.9 Å². The second-order valence-electron chi connectivity index (χ2n) is 7.00. The molecule has 0 spiro atoms. The van der Waals surface area contributed by atoms with Gasteiger partial charge in [0.2, 0.25) is 0 Å². The molecular weight excluding hydrogens is 383 g/mol. The molecule has 1 atom stereocenters. The van der Waals surface area contributed by atoms with E-state index in [9.17, 15) is 5.11 Å². The lowest BCUT2D eigenvalue weighted by Crippen LogP contribution is -2.48. The Morgan fingerprint density at radius 2 is 1.33 bits per heavy atom. The summed E-state index contributed by atoms with van der Waals surface area (Å²) in [5.41, 5.74) is 2.34. The summed E-state index contributed by atoms with van der Waals surface area (Å²) in [5.74, 6) is 0. The van der Waals surface area contributed by atoms with Gasteiger partial charge in [0, 0.05) is 49.3 Å². The molecule has 2 aromatic rings. The van der Waals surface area contributed by atoms with Crippen molar-refractivity contribution in [1.29, 1.82) is 0 Å². The number of aliphatic hydroxyl groups is 1. The summed E-state index contributed by atoms with van der Waals surface area (Å²) >= 11 is 11.8. The van der Waals surface area contributed by atoms with Gasteiger partial charge in [-0.3, -0.25) is 9.80 Å². The first-order valence-electron chi connectivity index (χ1n) is 9.28. The van der Waals surface area contributed by atoms with Crippen molar-refractivity contribution in [3.63, 3.8) is 0 Å². The molecule has 0 radical (unpaired) electrons. The van der Waals surface area contributed by atoms with E-state index < -0.39 is 6.10 Å². The van der Waals surface area contributed by atoms with Crippen molar-refractivity contribution in [3.05, 3.63) is 69.7 Å². The number of nitrogens with zero attached hydrogens (tertiary/aromatic N) is 2. The lowest BCUT2D eigenvalue weighted by Gasteiger charge is -2.35. The third-order valence-corrected chi connectivity index (χ3v) is 5.25. The summed E-state index contributed by atoms with van der Waals surface area (Å²) < 4.78 is 5.63. The minimum atomic E-state index is -0.472. The normalized spacial score (nSPS) is 17.1. The van der Waals surface area contributed by atoms with E-state index in [0.717, 1.165) is 43.3 Å². The van der Waals surface area contributed by atoms with E-state index in [1.54, 1.807) is 0 Å². The molecule has 1 N–H and O–H groups in total. The first-order chi connectivity index (χ1) is 13.1. The highest BCUT2D eigenvalue weighted by molar-refractivity contribution is 6.30. The maximum Gasteiger partial charge on any atom is 0.0900 e. The Morgan fingerprint density at radius 3 is 1.93 bits per heavy atom. The Hall–Kier alpha value is -1.14. The molecule has 0 aliphatic carbocycles. The van der Waals surface area contributed by atoms with Gasteiger partial charge >= 0.3 is 0 Å². The molecule has 1 heterocycles. The molecule has 0 saturated carbocycles. The van der Waals surface area contributed by atoms with Gasteiger partial charge in [-0.2, -0.15) is 0 Å². The van der Waals surface area contributed by atoms with Gasteiger partial charge in [-0.15, -0.1) is 0 Å². The van der Waals surface area contributed by atoms with Crippen LogP contribution in [-0.2, 0) is 17.9 Å². The summed E-state index contributed by atoms with van der Waals surface area (Å²) in [6.45, 7) is 6.34. The second kappa shape index (κ2) is 10.4. The first kappa shape index (κ1) is 20.6. The number of halogens is 2. The van der Waals surface area contributed by atoms with Crippen molar-refractivity contribution in [2.45, 2.75) is 19.3 Å². The fourth-order valence-corrected chi connectivity index (χ4v) is 3.47. The minimum absolute atomic E-state index is 0.341. The van der Waals surface area contributed by atoms with Gasteiger partial charge in [0.15, 0.2) is 0 Å². The summed E-state index contributed by atoms with van der Waals surface area (Å²) in [7, 11) is 0. The molecule has 0 bridgehead atoms. The Morgan fingerprint density at radius 1 is 0.815 bits per heavy atom. The molecule has 146 valence electrons. The third-order valence-electron chi connectivity index (χ3n) is 4.75. The van der Waals surface area contributed by atoms with Crippen molar-refractivity contribution in [2.24, 2.45) is 0 Å². The molecule has 3 rings (SSSR count). The third kappa shape index (κ3) is 7.07. The molecular formula is C21H26Cl2N2O2. The van der Waals surface area contributed by atoms with E-state index in [2.05, 4.69) is 21.9 Å². The quantitative estimate of drug-likeness (QED) is 0.722. The molecule has 27 heavy (non-hydrogen) atoms. The number of piperazine rings is 1. The number of benzene rings is 2. The van der Waals surface area contributed by atoms with Crippen LogP contribution in [0.15, 0.2) is 48.5 Å². The monoisotopic (exact) mass is 408 g/mol. The van der Waals surface area contributed by atoms with Crippen LogP contribution >= 0.6 is 23.2 Å². The van der Waals surface area contributed by atoms with E-state index in [-0.39, 0.29) is 0 Å². The van der Waals surface area contributed by atoms with Crippen molar-refractivity contribution in [1.82, 2.24) is 9.80 Å². The van der Waals surface area contributed by atoms with Crippen molar-refractivity contribution >= 4 is 23.2 Å². The predicted molar refractivity (Wildman–Crippen MR) is 110 cm³/mol. The number of hydrogen-bond acceptors (Lipinski definition) is 4. The molecule has 0 amide bonds. The number of β-amino-alcohol motifs (C(OH)–C–C–N with tert-alkyl or cyclic N) is 1. The Kier molecular flexibility index (Phi) is 7.94. The van der Waals surface area contributed by atoms with Gasteiger partial charge in [-0.1, -0.05) is 47.5 Å². The van der Waals surface area contributed by atoms with Gasteiger partial charge in [0.05, 0.1) is 19.3 Å². The van der Waals surface area contributed by atoms with Crippen molar-refractivity contribution in [2.75, 3.05) is 39.3 Å². The van der Waals surface area contributed by atoms with Crippen LogP contribution in [0.3, 0.4) is 0 Å². The van der Waals surface area contributed by atoms with Crippen LogP contribution in [0.1, 0.15) is 11.1 Å². The molecule has 1 unspecified atom stereocenters. The number of rotatable bonds is 8. The zero-order valence-corrected chi connectivity index (χ0v) is 16.9. The molecule has 1 saturated heterocycles. The zero-order valence-electron chi connectivity index (χ0n) is 15.4. The highest BCUT2D eigenvalue weighted by Crippen LogP contribution is 2.13.